The number of rotatable bonds is 14. The van der Waals surface area contributed by atoms with E-state index in [0.717, 1.165) is 24.8 Å². The molecule has 1 atom stereocenters. The molecule has 0 unspecified atom stereocenters. The molecule has 2 fully saturated rings. The Bertz CT molecular complexity index is 1870. The molecule has 1 heterocycles. The Hall–Kier alpha value is -5.19. The number of nitrogens with one attached hydrogen (secondary N) is 5. The van der Waals surface area contributed by atoms with Crippen molar-refractivity contribution >= 4 is 52.9 Å². The first-order valence-corrected chi connectivity index (χ1v) is 18.1. The maximum Gasteiger partial charge on any atom is 0.422 e. The molecule has 18 heteroatoms. The standard InChI is InChI=1S/C37H44ClF3N8O6/c1-34(2)17-25(18-35(3,4)19-34)43-29(52)28(51)42-16-13-26(30(53)54)45-27(50)21-5-11-24(12-6-21)44-31-46-32(48-33(47-31)55-20-37(39,40)41)49-36(14-15-36)22-7-9-23(38)10-8-22/h5-12,25-26H,13-20H2,1-4H3,(H,42,51)(H,43,52)(H,45,50)(H,53,54)(H2,44,46,47,48,49)/t26-/m0/s1. The molecule has 0 spiro atoms. The second-order valence-electron chi connectivity index (χ2n) is 15.6. The highest BCUT2D eigenvalue weighted by molar-refractivity contribution is 6.35. The second kappa shape index (κ2) is 16.3. The minimum Gasteiger partial charge on any atom is -0.480 e. The number of alkyl halides is 3. The Kier molecular flexibility index (Phi) is 12.1. The van der Waals surface area contributed by atoms with Crippen molar-refractivity contribution in [2.24, 2.45) is 10.8 Å². The van der Waals surface area contributed by atoms with E-state index in [2.05, 4.69) is 69.2 Å². The first-order valence-electron chi connectivity index (χ1n) is 17.7. The van der Waals surface area contributed by atoms with Crippen LogP contribution in [0.2, 0.25) is 5.02 Å². The summed E-state index contributed by atoms with van der Waals surface area (Å²) in [5.74, 6) is -3.95. The normalized spacial score (nSPS) is 17.6. The molecule has 14 nitrogen and oxygen atoms in total. The number of anilines is 3. The van der Waals surface area contributed by atoms with Gasteiger partial charge in [0.05, 0.1) is 5.54 Å². The molecule has 0 aliphatic heterocycles. The van der Waals surface area contributed by atoms with Gasteiger partial charge in [0.1, 0.15) is 6.04 Å². The average Bonchev–Trinajstić information content (AvgIpc) is 3.85. The largest absolute Gasteiger partial charge is 0.480 e. The van der Waals surface area contributed by atoms with E-state index in [1.165, 1.54) is 24.3 Å². The van der Waals surface area contributed by atoms with Crippen LogP contribution in [-0.4, -0.2) is 75.2 Å². The van der Waals surface area contributed by atoms with E-state index in [4.69, 9.17) is 16.3 Å². The fraction of sp³-hybridized carbons (Fsp3) is 0.486. The lowest BCUT2D eigenvalue weighted by Crippen LogP contribution is -2.50. The maximum atomic E-state index is 13.0. The third-order valence-electron chi connectivity index (χ3n) is 9.30. The number of carboxylic acids is 1. The smallest absolute Gasteiger partial charge is 0.422 e. The third-order valence-corrected chi connectivity index (χ3v) is 9.55. The van der Waals surface area contributed by atoms with Crippen LogP contribution in [-0.2, 0) is 19.9 Å². The fourth-order valence-electron chi connectivity index (χ4n) is 7.22. The van der Waals surface area contributed by atoms with E-state index >= 15 is 0 Å². The lowest BCUT2D eigenvalue weighted by molar-refractivity contribution is -0.154. The lowest BCUT2D eigenvalue weighted by atomic mass is 9.63. The summed E-state index contributed by atoms with van der Waals surface area (Å²) in [6, 6.07) is 10.7. The number of halogens is 4. The van der Waals surface area contributed by atoms with Gasteiger partial charge in [-0.3, -0.25) is 14.4 Å². The number of carbonyl (C=O) groups excluding carboxylic acids is 3. The highest BCUT2D eigenvalue weighted by Gasteiger charge is 2.45. The van der Waals surface area contributed by atoms with Crippen LogP contribution < -0.4 is 31.3 Å². The lowest BCUT2D eigenvalue weighted by Gasteiger charge is -2.45. The zero-order chi connectivity index (χ0) is 40.2. The van der Waals surface area contributed by atoms with Crippen LogP contribution in [0.15, 0.2) is 48.5 Å². The van der Waals surface area contributed by atoms with Crippen LogP contribution in [0.5, 0.6) is 6.01 Å². The highest BCUT2D eigenvalue weighted by Crippen LogP contribution is 2.48. The van der Waals surface area contributed by atoms with Gasteiger partial charge in [-0.15, -0.1) is 0 Å². The number of carboxylic acid groups (broad SMARTS) is 1. The monoisotopic (exact) mass is 788 g/mol. The molecule has 0 saturated heterocycles. The number of benzene rings is 2. The fourth-order valence-corrected chi connectivity index (χ4v) is 7.34. The molecule has 296 valence electrons. The van der Waals surface area contributed by atoms with Crippen LogP contribution in [0.1, 0.15) is 82.1 Å². The summed E-state index contributed by atoms with van der Waals surface area (Å²) in [5.41, 5.74) is 0.748. The molecule has 5 rings (SSSR count). The van der Waals surface area contributed by atoms with Gasteiger partial charge in [-0.2, -0.15) is 28.1 Å². The summed E-state index contributed by atoms with van der Waals surface area (Å²) in [6.45, 7) is 6.67. The van der Waals surface area contributed by atoms with Crippen molar-refractivity contribution in [2.45, 2.75) is 90.0 Å². The van der Waals surface area contributed by atoms with Crippen LogP contribution in [0.25, 0.3) is 0 Å². The molecule has 0 bridgehead atoms. The Labute approximate surface area is 320 Å². The summed E-state index contributed by atoms with van der Waals surface area (Å²) in [7, 11) is 0. The number of carbonyl (C=O) groups is 4. The van der Waals surface area contributed by atoms with Gasteiger partial charge in [0.15, 0.2) is 6.61 Å². The van der Waals surface area contributed by atoms with Gasteiger partial charge in [0.2, 0.25) is 11.9 Å². The van der Waals surface area contributed by atoms with E-state index in [-0.39, 0.29) is 47.3 Å². The predicted molar refractivity (Wildman–Crippen MR) is 197 cm³/mol. The number of aliphatic carboxylic acids is 1. The van der Waals surface area contributed by atoms with Gasteiger partial charge >= 0.3 is 30.0 Å². The van der Waals surface area contributed by atoms with Crippen molar-refractivity contribution in [1.29, 1.82) is 0 Å². The Morgan fingerprint density at radius 1 is 0.909 bits per heavy atom. The van der Waals surface area contributed by atoms with E-state index in [0.29, 0.717) is 23.6 Å². The first-order chi connectivity index (χ1) is 25.7. The maximum absolute atomic E-state index is 13.0. The van der Waals surface area contributed by atoms with Crippen molar-refractivity contribution in [2.75, 3.05) is 23.8 Å². The van der Waals surface area contributed by atoms with Crippen LogP contribution in [0, 0.1) is 10.8 Å². The van der Waals surface area contributed by atoms with Crippen LogP contribution >= 0.6 is 11.6 Å². The number of nitrogens with zero attached hydrogens (tertiary/aromatic N) is 3. The Balaban J connectivity index is 1.17. The number of hydrogen-bond acceptors (Lipinski definition) is 10. The number of hydrogen-bond donors (Lipinski definition) is 6. The number of aromatic nitrogens is 3. The van der Waals surface area contributed by atoms with Gasteiger partial charge in [-0.1, -0.05) is 51.4 Å². The van der Waals surface area contributed by atoms with Gasteiger partial charge in [0, 0.05) is 28.9 Å². The molecule has 0 radical (unpaired) electrons. The van der Waals surface area contributed by atoms with E-state index in [1.54, 1.807) is 12.1 Å². The Morgan fingerprint density at radius 3 is 2.11 bits per heavy atom. The highest BCUT2D eigenvalue weighted by atomic mass is 35.5. The minimum atomic E-state index is -4.64. The van der Waals surface area contributed by atoms with Crippen LogP contribution in [0.4, 0.5) is 30.8 Å². The van der Waals surface area contributed by atoms with Crippen molar-refractivity contribution in [3.63, 3.8) is 0 Å². The third kappa shape index (κ3) is 11.9. The van der Waals surface area contributed by atoms with E-state index < -0.39 is 54.1 Å². The second-order valence-corrected chi connectivity index (χ2v) is 16.0. The van der Waals surface area contributed by atoms with Crippen molar-refractivity contribution in [1.82, 2.24) is 30.9 Å². The molecule has 6 N–H and O–H groups in total. The SMILES string of the molecule is CC1(C)CC(NC(=O)C(=O)NCC[C@H](NC(=O)c2ccc(Nc3nc(NC4(c5ccc(Cl)cc5)CC4)nc(OCC(F)(F)F)n3)cc2)C(=O)O)CC(C)(C)C1. The van der Waals surface area contributed by atoms with Crippen molar-refractivity contribution in [3.05, 3.63) is 64.7 Å². The molecule has 3 amide bonds. The topological polar surface area (TPSA) is 197 Å². The van der Waals surface area contributed by atoms with Gasteiger partial charge in [0.25, 0.3) is 5.91 Å². The summed E-state index contributed by atoms with van der Waals surface area (Å²) in [6.07, 6.45) is -0.986. The zero-order valence-electron chi connectivity index (χ0n) is 30.8. The minimum absolute atomic E-state index is 0.00367. The average molecular weight is 789 g/mol. The van der Waals surface area contributed by atoms with Crippen molar-refractivity contribution in [3.8, 4) is 6.01 Å². The first kappa shape index (κ1) is 41.0. The molecular formula is C37H44ClF3N8O6. The van der Waals surface area contributed by atoms with Gasteiger partial charge < -0.3 is 36.4 Å². The summed E-state index contributed by atoms with van der Waals surface area (Å²) in [4.78, 5) is 62.3. The molecule has 1 aromatic heterocycles. The number of amides is 3. The zero-order valence-corrected chi connectivity index (χ0v) is 31.5. The van der Waals surface area contributed by atoms with E-state index in [9.17, 15) is 37.5 Å². The van der Waals surface area contributed by atoms with E-state index in [1.807, 2.05) is 12.1 Å². The molecule has 55 heavy (non-hydrogen) atoms. The molecule has 2 aromatic carbocycles. The summed E-state index contributed by atoms with van der Waals surface area (Å²) in [5, 5.41) is 23.9. The van der Waals surface area contributed by atoms with Gasteiger partial charge in [-0.25, -0.2) is 4.79 Å². The molecule has 2 saturated carbocycles. The predicted octanol–water partition coefficient (Wildman–Crippen LogP) is 5.72. The quantitative estimate of drug-likeness (QED) is 0.109. The molecule has 3 aromatic rings. The molecular weight excluding hydrogens is 745 g/mol. The van der Waals surface area contributed by atoms with Crippen LogP contribution in [0.3, 0.4) is 0 Å². The molecule has 2 aliphatic rings. The van der Waals surface area contributed by atoms with Crippen molar-refractivity contribution < 1.29 is 42.2 Å². The Morgan fingerprint density at radius 2 is 1.53 bits per heavy atom. The molecule has 2 aliphatic carbocycles. The number of ether oxygens (including phenoxy) is 1. The summed E-state index contributed by atoms with van der Waals surface area (Å²) >= 11 is 6.03. The van der Waals surface area contributed by atoms with Gasteiger partial charge in [-0.05, 0) is 91.3 Å². The summed E-state index contributed by atoms with van der Waals surface area (Å²) < 4.78 is 43.7.